The van der Waals surface area contributed by atoms with Crippen molar-refractivity contribution in [3.05, 3.63) is 0 Å². The topological polar surface area (TPSA) is 108 Å². The number of amides is 3. The van der Waals surface area contributed by atoms with Gasteiger partial charge in [-0.1, -0.05) is 0 Å². The summed E-state index contributed by atoms with van der Waals surface area (Å²) in [5.74, 6) is -1.33. The van der Waals surface area contributed by atoms with Crippen LogP contribution in [0.15, 0.2) is 0 Å². The van der Waals surface area contributed by atoms with Crippen molar-refractivity contribution in [3.63, 3.8) is 0 Å². The number of aliphatic carboxylic acids is 1. The van der Waals surface area contributed by atoms with Gasteiger partial charge >= 0.3 is 12.0 Å². The number of nitrogens with one attached hydrogen (secondary N) is 2. The van der Waals surface area contributed by atoms with Gasteiger partial charge in [0.1, 0.15) is 6.04 Å². The maximum Gasteiger partial charge on any atom is 0.332 e. The molecule has 2 heterocycles. The zero-order valence-corrected chi connectivity index (χ0v) is 12.1. The molecule has 2 atom stereocenters. The van der Waals surface area contributed by atoms with E-state index in [4.69, 9.17) is 4.74 Å². The van der Waals surface area contributed by atoms with Crippen molar-refractivity contribution in [1.29, 1.82) is 0 Å². The molecule has 2 aliphatic rings. The quantitative estimate of drug-likeness (QED) is 0.653. The van der Waals surface area contributed by atoms with Gasteiger partial charge in [-0.15, -0.1) is 0 Å². The zero-order valence-electron chi connectivity index (χ0n) is 12.1. The molecule has 3 amide bonds. The van der Waals surface area contributed by atoms with Crippen LogP contribution in [0.1, 0.15) is 25.7 Å². The standard InChI is InChI=1S/C13H21N3O5/c1-14-10(17)9-4-2-3-6-16(9)12(20)15-13(11(18)19)5-7-21-8-13/h9H,2-8H2,1H3,(H,14,17)(H,15,20)(H,18,19). The Labute approximate surface area is 122 Å². The van der Waals surface area contributed by atoms with Crippen molar-refractivity contribution in [3.8, 4) is 0 Å². The summed E-state index contributed by atoms with van der Waals surface area (Å²) in [6, 6.07) is -1.06. The fourth-order valence-electron chi connectivity index (χ4n) is 2.78. The van der Waals surface area contributed by atoms with Crippen molar-refractivity contribution in [2.24, 2.45) is 0 Å². The Morgan fingerprint density at radius 3 is 2.67 bits per heavy atom. The number of carbonyl (C=O) groups is 3. The van der Waals surface area contributed by atoms with Crippen LogP contribution >= 0.6 is 0 Å². The number of carboxylic acid groups (broad SMARTS) is 1. The minimum absolute atomic E-state index is 0.0491. The van der Waals surface area contributed by atoms with Crippen LogP contribution in [-0.4, -0.2) is 66.3 Å². The van der Waals surface area contributed by atoms with Crippen LogP contribution in [0.5, 0.6) is 0 Å². The van der Waals surface area contributed by atoms with Gasteiger partial charge in [-0.2, -0.15) is 0 Å². The van der Waals surface area contributed by atoms with Gasteiger partial charge in [0.25, 0.3) is 0 Å². The molecular weight excluding hydrogens is 278 g/mol. The number of urea groups is 1. The third-order valence-corrected chi connectivity index (χ3v) is 4.09. The number of piperidine rings is 1. The molecule has 2 aliphatic heterocycles. The normalized spacial score (nSPS) is 29.0. The minimum Gasteiger partial charge on any atom is -0.479 e. The van der Waals surface area contributed by atoms with Gasteiger partial charge in [0.15, 0.2) is 5.54 Å². The predicted octanol–water partition coefficient (Wildman–Crippen LogP) is -0.460. The zero-order chi connectivity index (χ0) is 15.5. The lowest BCUT2D eigenvalue weighted by molar-refractivity contribution is -0.144. The highest BCUT2D eigenvalue weighted by molar-refractivity contribution is 5.90. The van der Waals surface area contributed by atoms with Gasteiger partial charge in [-0.05, 0) is 19.3 Å². The van der Waals surface area contributed by atoms with Crippen molar-refractivity contribution >= 4 is 17.9 Å². The molecule has 0 spiro atoms. The molecule has 8 heteroatoms. The first-order valence-corrected chi connectivity index (χ1v) is 7.12. The molecule has 0 aromatic carbocycles. The Balaban J connectivity index is 2.10. The molecule has 0 bridgehead atoms. The van der Waals surface area contributed by atoms with E-state index in [0.29, 0.717) is 19.6 Å². The van der Waals surface area contributed by atoms with Crippen molar-refractivity contribution in [2.45, 2.75) is 37.3 Å². The smallest absolute Gasteiger partial charge is 0.332 e. The van der Waals surface area contributed by atoms with Crippen LogP contribution < -0.4 is 10.6 Å². The Morgan fingerprint density at radius 1 is 1.33 bits per heavy atom. The molecule has 3 N–H and O–H groups in total. The third kappa shape index (κ3) is 3.10. The number of rotatable bonds is 3. The Hall–Kier alpha value is -1.83. The highest BCUT2D eigenvalue weighted by atomic mass is 16.5. The van der Waals surface area contributed by atoms with Crippen LogP contribution in [0.2, 0.25) is 0 Å². The van der Waals surface area contributed by atoms with Gasteiger partial charge in [-0.3, -0.25) is 4.79 Å². The number of likely N-dealkylation sites (tertiary alicyclic amines) is 1. The van der Waals surface area contributed by atoms with Crippen molar-refractivity contribution in [2.75, 3.05) is 26.8 Å². The van der Waals surface area contributed by atoms with Gasteiger partial charge in [0.2, 0.25) is 5.91 Å². The van der Waals surface area contributed by atoms with Crippen LogP contribution in [0, 0.1) is 0 Å². The number of ether oxygens (including phenoxy) is 1. The molecule has 2 fully saturated rings. The van der Waals surface area contributed by atoms with Crippen molar-refractivity contribution in [1.82, 2.24) is 15.5 Å². The van der Waals surface area contributed by atoms with Gasteiger partial charge in [0, 0.05) is 26.6 Å². The first-order chi connectivity index (χ1) is 10.00. The van der Waals surface area contributed by atoms with Crippen LogP contribution in [0.25, 0.3) is 0 Å². The number of carboxylic acids is 1. The number of nitrogens with zero attached hydrogens (tertiary/aromatic N) is 1. The molecule has 0 saturated carbocycles. The maximum atomic E-state index is 12.4. The van der Waals surface area contributed by atoms with E-state index in [2.05, 4.69) is 10.6 Å². The average Bonchev–Trinajstić information content (AvgIpc) is 2.96. The summed E-state index contributed by atoms with van der Waals surface area (Å²) in [6.07, 6.45) is 2.49. The lowest BCUT2D eigenvalue weighted by atomic mass is 9.98. The van der Waals surface area contributed by atoms with Gasteiger partial charge in [0.05, 0.1) is 6.61 Å². The summed E-state index contributed by atoms with van der Waals surface area (Å²) in [7, 11) is 1.52. The predicted molar refractivity (Wildman–Crippen MR) is 72.7 cm³/mol. The van der Waals surface area contributed by atoms with E-state index in [1.807, 2.05) is 0 Å². The van der Waals surface area contributed by atoms with E-state index in [1.165, 1.54) is 11.9 Å². The summed E-state index contributed by atoms with van der Waals surface area (Å²) in [6.45, 7) is 0.693. The Morgan fingerprint density at radius 2 is 2.10 bits per heavy atom. The summed E-state index contributed by atoms with van der Waals surface area (Å²) in [5, 5.41) is 14.4. The summed E-state index contributed by atoms with van der Waals surface area (Å²) in [5.41, 5.74) is -1.39. The van der Waals surface area contributed by atoms with Crippen LogP contribution in [-0.2, 0) is 14.3 Å². The summed E-state index contributed by atoms with van der Waals surface area (Å²) >= 11 is 0. The van der Waals surface area contributed by atoms with E-state index < -0.39 is 23.6 Å². The van der Waals surface area contributed by atoms with E-state index in [-0.39, 0.29) is 18.9 Å². The van der Waals surface area contributed by atoms with E-state index in [1.54, 1.807) is 0 Å². The van der Waals surface area contributed by atoms with Crippen LogP contribution in [0.3, 0.4) is 0 Å². The summed E-state index contributed by atoms with van der Waals surface area (Å²) in [4.78, 5) is 37.1. The highest BCUT2D eigenvalue weighted by Crippen LogP contribution is 2.22. The maximum absolute atomic E-state index is 12.4. The largest absolute Gasteiger partial charge is 0.479 e. The molecule has 0 aromatic rings. The Kier molecular flexibility index (Phi) is 4.66. The highest BCUT2D eigenvalue weighted by Gasteiger charge is 2.45. The first-order valence-electron chi connectivity index (χ1n) is 7.12. The van der Waals surface area contributed by atoms with Crippen molar-refractivity contribution < 1.29 is 24.2 Å². The molecule has 8 nitrogen and oxygen atoms in total. The molecule has 0 radical (unpaired) electrons. The average molecular weight is 299 g/mol. The summed E-state index contributed by atoms with van der Waals surface area (Å²) < 4.78 is 5.11. The van der Waals surface area contributed by atoms with Gasteiger partial charge < -0.3 is 25.4 Å². The fraction of sp³-hybridized carbons (Fsp3) is 0.769. The Bertz CT molecular complexity index is 434. The number of carbonyl (C=O) groups excluding carboxylic acids is 2. The molecule has 0 aliphatic carbocycles. The number of hydrogen-bond acceptors (Lipinski definition) is 4. The third-order valence-electron chi connectivity index (χ3n) is 4.09. The van der Waals surface area contributed by atoms with Crippen LogP contribution in [0.4, 0.5) is 4.79 Å². The van der Waals surface area contributed by atoms with E-state index >= 15 is 0 Å². The first kappa shape index (κ1) is 15.6. The second-order valence-electron chi connectivity index (χ2n) is 5.44. The molecule has 0 aromatic heterocycles. The lowest BCUT2D eigenvalue weighted by Gasteiger charge is -2.36. The number of likely N-dealkylation sites (N-methyl/N-ethyl adjacent to an activating group) is 1. The van der Waals surface area contributed by atoms with E-state index in [9.17, 15) is 19.5 Å². The lowest BCUT2D eigenvalue weighted by Crippen LogP contribution is -2.62. The van der Waals surface area contributed by atoms with Gasteiger partial charge in [-0.25, -0.2) is 9.59 Å². The second kappa shape index (κ2) is 6.30. The molecule has 118 valence electrons. The molecule has 2 saturated heterocycles. The monoisotopic (exact) mass is 299 g/mol. The fourth-order valence-corrected chi connectivity index (χ4v) is 2.78. The molecule has 2 unspecified atom stereocenters. The molecular formula is C13H21N3O5. The SMILES string of the molecule is CNC(=O)C1CCCCN1C(=O)NC1(C(=O)O)CCOC1. The number of hydrogen-bond donors (Lipinski definition) is 3. The second-order valence-corrected chi connectivity index (χ2v) is 5.44. The minimum atomic E-state index is -1.39. The van der Waals surface area contributed by atoms with E-state index in [0.717, 1.165) is 12.8 Å². The molecule has 2 rings (SSSR count). The molecule has 21 heavy (non-hydrogen) atoms.